The van der Waals surface area contributed by atoms with E-state index in [0.29, 0.717) is 18.8 Å². The SMILES string of the molecule is COc1ccc([C@H]2Sc3ccccc3N(CCN(C)C)C(=O)[C@H]2OC(=O)c2cc([N+](=O)[O-])ccc2Cl)cc1. The highest BCUT2D eigenvalue weighted by atomic mass is 35.5. The molecule has 11 heteroatoms. The van der Waals surface area contributed by atoms with Crippen LogP contribution in [0.15, 0.2) is 71.6 Å². The van der Waals surface area contributed by atoms with Crippen molar-refractivity contribution in [1.82, 2.24) is 4.90 Å². The van der Waals surface area contributed by atoms with Gasteiger partial charge in [0.05, 0.1) is 33.6 Å². The topological polar surface area (TPSA) is 102 Å². The van der Waals surface area contributed by atoms with E-state index in [0.717, 1.165) is 22.2 Å². The number of thioether (sulfide) groups is 1. The van der Waals surface area contributed by atoms with E-state index in [-0.39, 0.29) is 16.3 Å². The molecule has 3 aromatic rings. The number of nitro benzene ring substituents is 1. The summed E-state index contributed by atoms with van der Waals surface area (Å²) in [7, 11) is 5.38. The minimum atomic E-state index is -1.24. The van der Waals surface area contributed by atoms with Crippen LogP contribution in [-0.4, -0.2) is 62.1 Å². The van der Waals surface area contributed by atoms with E-state index < -0.39 is 28.2 Å². The maximum Gasteiger partial charge on any atom is 0.340 e. The van der Waals surface area contributed by atoms with Gasteiger partial charge in [0.25, 0.3) is 11.6 Å². The van der Waals surface area contributed by atoms with Gasteiger partial charge in [-0.1, -0.05) is 35.9 Å². The third-order valence-electron chi connectivity index (χ3n) is 6.02. The summed E-state index contributed by atoms with van der Waals surface area (Å²) in [5.41, 5.74) is 0.967. The standard InChI is InChI=1S/C27H26ClN3O6S/c1-29(2)14-15-30-22-6-4-5-7-23(22)38-25(17-8-11-19(36-3)12-9-17)24(26(30)32)37-27(33)20-16-18(31(34)35)10-13-21(20)28/h4-13,16,24-25H,14-15H2,1-3H3/t24-,25+/m0/s1. The molecule has 2 atom stereocenters. The lowest BCUT2D eigenvalue weighted by molar-refractivity contribution is -0.384. The maximum absolute atomic E-state index is 14.1. The molecule has 0 fully saturated rings. The Labute approximate surface area is 229 Å². The number of rotatable bonds is 8. The summed E-state index contributed by atoms with van der Waals surface area (Å²) in [5, 5.41) is 10.7. The number of nitrogens with zero attached hydrogens (tertiary/aromatic N) is 3. The summed E-state index contributed by atoms with van der Waals surface area (Å²) < 4.78 is 11.2. The third-order valence-corrected chi connectivity index (χ3v) is 7.73. The zero-order chi connectivity index (χ0) is 27.4. The minimum absolute atomic E-state index is 0.0110. The number of hydrogen-bond donors (Lipinski definition) is 0. The first-order valence-electron chi connectivity index (χ1n) is 11.7. The number of benzene rings is 3. The largest absolute Gasteiger partial charge is 0.497 e. The molecule has 0 bridgehead atoms. The van der Waals surface area contributed by atoms with Crippen molar-refractivity contribution in [3.05, 3.63) is 93.0 Å². The summed E-state index contributed by atoms with van der Waals surface area (Å²) in [4.78, 5) is 42.6. The molecule has 0 unspecified atom stereocenters. The molecule has 1 aliphatic heterocycles. The van der Waals surface area contributed by atoms with Gasteiger partial charge in [-0.2, -0.15) is 0 Å². The number of carbonyl (C=O) groups is 2. The lowest BCUT2D eigenvalue weighted by Crippen LogP contribution is -2.45. The fourth-order valence-electron chi connectivity index (χ4n) is 4.02. The molecule has 38 heavy (non-hydrogen) atoms. The van der Waals surface area contributed by atoms with E-state index in [1.165, 1.54) is 23.9 Å². The zero-order valence-electron chi connectivity index (χ0n) is 21.0. The lowest BCUT2D eigenvalue weighted by atomic mass is 10.0. The molecule has 0 radical (unpaired) electrons. The van der Waals surface area contributed by atoms with Crippen LogP contribution in [0.2, 0.25) is 5.02 Å². The Balaban J connectivity index is 1.79. The van der Waals surface area contributed by atoms with E-state index in [1.54, 1.807) is 24.1 Å². The van der Waals surface area contributed by atoms with Crippen molar-refractivity contribution in [2.24, 2.45) is 0 Å². The second-order valence-corrected chi connectivity index (χ2v) is 10.4. The van der Waals surface area contributed by atoms with E-state index in [1.807, 2.05) is 55.4 Å². The van der Waals surface area contributed by atoms with Crippen molar-refractivity contribution < 1.29 is 24.0 Å². The Morgan fingerprint density at radius 2 is 1.84 bits per heavy atom. The number of hydrogen-bond acceptors (Lipinski definition) is 8. The van der Waals surface area contributed by atoms with Crippen LogP contribution in [0.5, 0.6) is 5.75 Å². The number of halogens is 1. The normalized spacial score (nSPS) is 17.1. The first-order chi connectivity index (χ1) is 18.2. The highest BCUT2D eigenvalue weighted by molar-refractivity contribution is 7.99. The van der Waals surface area contributed by atoms with E-state index in [2.05, 4.69) is 0 Å². The number of fused-ring (bicyclic) bond motifs is 1. The molecule has 0 saturated carbocycles. The molecule has 198 valence electrons. The zero-order valence-corrected chi connectivity index (χ0v) is 22.6. The van der Waals surface area contributed by atoms with Crippen LogP contribution in [0.1, 0.15) is 21.2 Å². The van der Waals surface area contributed by atoms with Crippen LogP contribution in [0, 0.1) is 10.1 Å². The average Bonchev–Trinajstić information content (AvgIpc) is 3.02. The predicted octanol–water partition coefficient (Wildman–Crippen LogP) is 5.22. The van der Waals surface area contributed by atoms with Gasteiger partial charge in [-0.05, 0) is 50.0 Å². The molecule has 1 heterocycles. The van der Waals surface area contributed by atoms with Gasteiger partial charge in [0.1, 0.15) is 5.75 Å². The lowest BCUT2D eigenvalue weighted by Gasteiger charge is -2.28. The van der Waals surface area contributed by atoms with Crippen molar-refractivity contribution in [3.63, 3.8) is 0 Å². The Morgan fingerprint density at radius 3 is 2.50 bits per heavy atom. The summed E-state index contributed by atoms with van der Waals surface area (Å²) in [5.74, 6) is -0.682. The number of anilines is 1. The molecule has 0 aliphatic carbocycles. The molecule has 4 rings (SSSR count). The quantitative estimate of drug-likeness (QED) is 0.212. The summed E-state index contributed by atoms with van der Waals surface area (Å²) in [6.45, 7) is 0.944. The number of para-hydroxylation sites is 1. The highest BCUT2D eigenvalue weighted by Gasteiger charge is 2.41. The van der Waals surface area contributed by atoms with Crippen LogP contribution < -0.4 is 9.64 Å². The third kappa shape index (κ3) is 5.93. The Bertz CT molecular complexity index is 1350. The van der Waals surface area contributed by atoms with Crippen LogP contribution in [0.4, 0.5) is 11.4 Å². The van der Waals surface area contributed by atoms with Gasteiger partial charge in [-0.3, -0.25) is 14.9 Å². The fourth-order valence-corrected chi connectivity index (χ4v) is 5.53. The second kappa shape index (κ2) is 11.8. The maximum atomic E-state index is 14.1. The first-order valence-corrected chi connectivity index (χ1v) is 13.0. The van der Waals surface area contributed by atoms with Crippen LogP contribution in [0.3, 0.4) is 0 Å². The van der Waals surface area contributed by atoms with Gasteiger partial charge < -0.3 is 19.3 Å². The first kappa shape index (κ1) is 27.4. The predicted molar refractivity (Wildman–Crippen MR) is 146 cm³/mol. The van der Waals surface area contributed by atoms with Crippen molar-refractivity contribution in [1.29, 1.82) is 0 Å². The van der Waals surface area contributed by atoms with E-state index >= 15 is 0 Å². The van der Waals surface area contributed by atoms with Crippen molar-refractivity contribution in [2.45, 2.75) is 16.2 Å². The molecule has 9 nitrogen and oxygen atoms in total. The number of non-ortho nitro benzene ring substituents is 1. The number of methoxy groups -OCH3 is 1. The van der Waals surface area contributed by atoms with Crippen molar-refractivity contribution in [2.75, 3.05) is 39.2 Å². The summed E-state index contributed by atoms with van der Waals surface area (Å²) >= 11 is 7.62. The monoisotopic (exact) mass is 555 g/mol. The fraction of sp³-hybridized carbons (Fsp3) is 0.259. The van der Waals surface area contributed by atoms with Crippen LogP contribution >= 0.6 is 23.4 Å². The van der Waals surface area contributed by atoms with E-state index in [9.17, 15) is 19.7 Å². The van der Waals surface area contributed by atoms with Gasteiger partial charge in [-0.15, -0.1) is 11.8 Å². The average molecular weight is 556 g/mol. The number of likely N-dealkylation sites (N-methyl/N-ethyl adjacent to an activating group) is 1. The number of nitro groups is 1. The second-order valence-electron chi connectivity index (χ2n) is 8.82. The number of amides is 1. The molecule has 0 spiro atoms. The van der Waals surface area contributed by atoms with Gasteiger partial charge in [0.15, 0.2) is 6.10 Å². The highest BCUT2D eigenvalue weighted by Crippen LogP contribution is 2.47. The molecule has 1 aliphatic rings. The van der Waals surface area contributed by atoms with Gasteiger partial charge >= 0.3 is 5.97 Å². The number of esters is 1. The molecule has 0 saturated heterocycles. The molecular formula is C27H26ClN3O6S. The number of carbonyl (C=O) groups excluding carboxylic acids is 2. The molecule has 0 N–H and O–H groups in total. The Hall–Kier alpha value is -3.60. The smallest absolute Gasteiger partial charge is 0.340 e. The van der Waals surface area contributed by atoms with Crippen molar-refractivity contribution >= 4 is 46.6 Å². The summed E-state index contributed by atoms with van der Waals surface area (Å²) in [6.07, 6.45) is -1.24. The molecule has 0 aromatic heterocycles. The number of ether oxygens (including phenoxy) is 2. The minimum Gasteiger partial charge on any atom is -0.497 e. The molecule has 3 aromatic carbocycles. The Morgan fingerprint density at radius 1 is 1.13 bits per heavy atom. The Kier molecular flexibility index (Phi) is 8.55. The van der Waals surface area contributed by atoms with Crippen LogP contribution in [-0.2, 0) is 9.53 Å². The van der Waals surface area contributed by atoms with Crippen molar-refractivity contribution in [3.8, 4) is 5.75 Å². The van der Waals surface area contributed by atoms with Crippen LogP contribution in [0.25, 0.3) is 0 Å². The van der Waals surface area contributed by atoms with Gasteiger partial charge in [0.2, 0.25) is 0 Å². The molecular weight excluding hydrogens is 530 g/mol. The van der Waals surface area contributed by atoms with E-state index in [4.69, 9.17) is 21.1 Å². The van der Waals surface area contributed by atoms with Gasteiger partial charge in [-0.25, -0.2) is 4.79 Å². The molecule has 1 amide bonds. The summed E-state index contributed by atoms with van der Waals surface area (Å²) in [6, 6.07) is 18.2. The van der Waals surface area contributed by atoms with Gasteiger partial charge in [0, 0.05) is 30.1 Å².